The molecule has 2 fully saturated rings. The number of esters is 2. The van der Waals surface area contributed by atoms with Gasteiger partial charge in [0.1, 0.15) is 17.8 Å². The zero-order valence-corrected chi connectivity index (χ0v) is 37.6. The van der Waals surface area contributed by atoms with Gasteiger partial charge in [-0.3, -0.25) is 9.59 Å². The van der Waals surface area contributed by atoms with Crippen LogP contribution < -0.4 is 0 Å². The maximum atomic E-state index is 14.4. The molecule has 2 unspecified atom stereocenters. The Morgan fingerprint density at radius 3 is 2.12 bits per heavy atom. The third kappa shape index (κ3) is 11.2. The molecule has 2 saturated heterocycles. The number of Topliss-reactive ketones (excluding diaryl/α,β-unsaturated/α-hetero) is 1. The Balaban J connectivity index is 1.90. The molecule has 0 amide bonds. The zero-order valence-electron chi connectivity index (χ0n) is 37.6. The molecule has 0 spiro atoms. The number of carbonyl (C=O) groups is 3. The van der Waals surface area contributed by atoms with Crippen LogP contribution in [-0.4, -0.2) is 139 Å². The second-order valence-electron chi connectivity index (χ2n) is 17.9. The molecule has 16 atom stereocenters. The van der Waals surface area contributed by atoms with Gasteiger partial charge in [-0.05, 0) is 106 Å². The third-order valence-corrected chi connectivity index (χ3v) is 12.8. The minimum atomic E-state index is -1.67. The predicted octanol–water partition coefficient (Wildman–Crippen LogP) is 5.25. The molecule has 3 aliphatic rings. The van der Waals surface area contributed by atoms with Crippen LogP contribution in [0.4, 0.5) is 0 Å². The van der Waals surface area contributed by atoms with E-state index in [1.54, 1.807) is 65.8 Å². The van der Waals surface area contributed by atoms with E-state index in [4.69, 9.17) is 37.9 Å². The SMILES string of the molecule is CC[C@H]1OC(=O)[C@H](C)[C@@H](OC2C[C@@](C)(OC)[C@@H](O)[C@H](C)O2)[C@H](C)[C@@H](OC2O[C@H](C)C[C@H](N(C)C)[C@H]2OC(=O)c2ccccc2)[C@](C)(OC)C[C@@H](C)C(=O)/C(C)=C\[C@]1(C)O. The van der Waals surface area contributed by atoms with Crippen LogP contribution in [0.1, 0.15) is 105 Å². The normalized spacial score (nSPS) is 42.7. The molecule has 0 aliphatic carbocycles. The summed E-state index contributed by atoms with van der Waals surface area (Å²) in [6.07, 6.45) is -5.44. The summed E-state index contributed by atoms with van der Waals surface area (Å²) in [7, 11) is 6.86. The Bertz CT molecular complexity index is 1600. The van der Waals surface area contributed by atoms with Crippen LogP contribution >= 0.6 is 0 Å². The highest BCUT2D eigenvalue weighted by Gasteiger charge is 2.53. The first-order valence-corrected chi connectivity index (χ1v) is 21.0. The molecule has 3 heterocycles. The van der Waals surface area contributed by atoms with E-state index in [0.717, 1.165) is 0 Å². The maximum Gasteiger partial charge on any atom is 0.338 e. The number of nitrogens with zero attached hydrogens (tertiary/aromatic N) is 1. The van der Waals surface area contributed by atoms with Crippen molar-refractivity contribution in [3.05, 3.63) is 47.5 Å². The number of ketones is 1. The van der Waals surface area contributed by atoms with Crippen molar-refractivity contribution in [2.45, 2.75) is 173 Å². The summed E-state index contributed by atoms with van der Waals surface area (Å²) in [5, 5.41) is 22.7. The Labute approximate surface area is 351 Å². The van der Waals surface area contributed by atoms with Crippen molar-refractivity contribution in [1.29, 1.82) is 0 Å². The lowest BCUT2D eigenvalue weighted by molar-refractivity contribution is -0.318. The summed E-state index contributed by atoms with van der Waals surface area (Å²) in [6.45, 7) is 17.6. The molecule has 0 aromatic heterocycles. The number of cyclic esters (lactones) is 1. The Kier molecular flexibility index (Phi) is 16.5. The standard InChI is InChI=1S/C45H71NO13/c1-15-33-43(8,51)22-25(2)35(47)26(3)23-45(10,53-14)39(28(5)36(29(6)40(49)56-33)57-34-24-44(9,52-13)38(48)30(7)55-34)59-42-37(32(46(11)12)21-27(4)54-42)58-41(50)31-19-17-16-18-20-31/h16-20,22,26-30,32-34,36-39,42,48,51H,15,21,23-24H2,1-14H3/b25-22-/t26-,27-,28+,29-,30+,32+,33-,34?,36+,37-,38+,39-,42?,43+,44-,45-/m1/s1. The van der Waals surface area contributed by atoms with Crippen LogP contribution in [0.5, 0.6) is 0 Å². The second kappa shape index (κ2) is 19.9. The first-order chi connectivity index (χ1) is 27.5. The number of ether oxygens (including phenoxy) is 8. The fourth-order valence-corrected chi connectivity index (χ4v) is 9.14. The minimum Gasteiger partial charge on any atom is -0.459 e. The van der Waals surface area contributed by atoms with Crippen LogP contribution in [0.3, 0.4) is 0 Å². The summed E-state index contributed by atoms with van der Waals surface area (Å²) in [5.41, 5.74) is -3.30. The molecule has 0 radical (unpaired) electrons. The van der Waals surface area contributed by atoms with E-state index in [9.17, 15) is 24.6 Å². The van der Waals surface area contributed by atoms with Crippen LogP contribution in [0, 0.1) is 17.8 Å². The zero-order chi connectivity index (χ0) is 44.2. The molecule has 0 bridgehead atoms. The van der Waals surface area contributed by atoms with E-state index in [-0.39, 0.29) is 37.2 Å². The number of hydrogen-bond donors (Lipinski definition) is 2. The Hall–Kier alpha value is -2.79. The highest BCUT2D eigenvalue weighted by Crippen LogP contribution is 2.41. The lowest BCUT2D eigenvalue weighted by Gasteiger charge is -2.50. The van der Waals surface area contributed by atoms with E-state index in [0.29, 0.717) is 17.6 Å². The maximum absolute atomic E-state index is 14.4. The number of aliphatic hydroxyl groups is 2. The number of methoxy groups -OCH3 is 2. The van der Waals surface area contributed by atoms with Crippen molar-refractivity contribution in [1.82, 2.24) is 4.90 Å². The fourth-order valence-electron chi connectivity index (χ4n) is 9.14. The number of allylic oxidation sites excluding steroid dienone is 1. The van der Waals surface area contributed by atoms with Crippen molar-refractivity contribution in [3.63, 3.8) is 0 Å². The van der Waals surface area contributed by atoms with E-state index in [1.807, 2.05) is 45.8 Å². The fraction of sp³-hybridized carbons (Fsp3) is 0.756. The van der Waals surface area contributed by atoms with Crippen molar-refractivity contribution in [2.24, 2.45) is 17.8 Å². The van der Waals surface area contributed by atoms with Crippen molar-refractivity contribution >= 4 is 17.7 Å². The summed E-state index contributed by atoms with van der Waals surface area (Å²) in [5.74, 6) is -3.79. The van der Waals surface area contributed by atoms with Gasteiger partial charge in [0.05, 0.1) is 53.1 Å². The first kappa shape index (κ1) is 48.9. The predicted molar refractivity (Wildman–Crippen MR) is 219 cm³/mol. The number of carbonyl (C=O) groups excluding carboxylic acids is 3. The lowest BCUT2D eigenvalue weighted by atomic mass is 9.76. The Morgan fingerprint density at radius 2 is 1.54 bits per heavy atom. The second-order valence-corrected chi connectivity index (χ2v) is 17.9. The van der Waals surface area contributed by atoms with Gasteiger partial charge in [0.25, 0.3) is 0 Å². The van der Waals surface area contributed by atoms with Gasteiger partial charge in [0, 0.05) is 32.5 Å². The molecule has 4 rings (SSSR count). The Morgan fingerprint density at radius 1 is 0.915 bits per heavy atom. The monoisotopic (exact) mass is 833 g/mol. The number of rotatable bonds is 10. The van der Waals surface area contributed by atoms with Crippen molar-refractivity contribution in [3.8, 4) is 0 Å². The molecular formula is C45H71NO13. The van der Waals surface area contributed by atoms with Gasteiger partial charge in [-0.1, -0.05) is 39.0 Å². The number of benzene rings is 1. The molecule has 1 aromatic carbocycles. The summed E-state index contributed by atoms with van der Waals surface area (Å²) < 4.78 is 51.3. The molecule has 59 heavy (non-hydrogen) atoms. The lowest BCUT2D eigenvalue weighted by Crippen LogP contribution is -2.61. The molecular weight excluding hydrogens is 762 g/mol. The molecule has 334 valence electrons. The smallest absolute Gasteiger partial charge is 0.338 e. The van der Waals surface area contributed by atoms with E-state index in [2.05, 4.69) is 0 Å². The van der Waals surface area contributed by atoms with Gasteiger partial charge < -0.3 is 53.0 Å². The topological polar surface area (TPSA) is 169 Å². The number of likely N-dealkylation sites (N-methyl/N-ethyl adjacent to an activating group) is 1. The first-order valence-electron chi connectivity index (χ1n) is 21.0. The van der Waals surface area contributed by atoms with E-state index >= 15 is 0 Å². The van der Waals surface area contributed by atoms with Crippen molar-refractivity contribution < 1.29 is 62.5 Å². The van der Waals surface area contributed by atoms with Gasteiger partial charge >= 0.3 is 11.9 Å². The van der Waals surface area contributed by atoms with Gasteiger partial charge in [-0.15, -0.1) is 0 Å². The number of hydrogen-bond acceptors (Lipinski definition) is 14. The average molecular weight is 834 g/mol. The quantitative estimate of drug-likeness (QED) is 0.293. The largest absolute Gasteiger partial charge is 0.459 e. The summed E-state index contributed by atoms with van der Waals surface area (Å²) in [6, 6.07) is 8.38. The highest BCUT2D eigenvalue weighted by molar-refractivity contribution is 5.96. The van der Waals surface area contributed by atoms with Gasteiger partial charge in [-0.25, -0.2) is 4.79 Å². The minimum absolute atomic E-state index is 0.125. The molecule has 0 saturated carbocycles. The van der Waals surface area contributed by atoms with E-state index in [1.165, 1.54) is 27.2 Å². The van der Waals surface area contributed by atoms with Gasteiger partial charge in [0.2, 0.25) is 0 Å². The van der Waals surface area contributed by atoms with Crippen LogP contribution in [0.15, 0.2) is 42.0 Å². The van der Waals surface area contributed by atoms with E-state index < -0.39 is 95.7 Å². The average Bonchev–Trinajstić information content (AvgIpc) is 3.19. The van der Waals surface area contributed by atoms with Crippen LogP contribution in [-0.2, 0) is 47.5 Å². The molecule has 1 aromatic rings. The van der Waals surface area contributed by atoms with Crippen LogP contribution in [0.2, 0.25) is 0 Å². The number of aliphatic hydroxyl groups excluding tert-OH is 1. The molecule has 3 aliphatic heterocycles. The summed E-state index contributed by atoms with van der Waals surface area (Å²) in [4.78, 5) is 44.1. The van der Waals surface area contributed by atoms with Gasteiger partial charge in [0.15, 0.2) is 24.5 Å². The van der Waals surface area contributed by atoms with Gasteiger partial charge in [-0.2, -0.15) is 0 Å². The molecule has 14 heteroatoms. The molecule has 2 N–H and O–H groups in total. The van der Waals surface area contributed by atoms with Crippen LogP contribution in [0.25, 0.3) is 0 Å². The summed E-state index contributed by atoms with van der Waals surface area (Å²) >= 11 is 0. The third-order valence-electron chi connectivity index (χ3n) is 12.8. The highest BCUT2D eigenvalue weighted by atomic mass is 16.7. The molecule has 14 nitrogen and oxygen atoms in total. The van der Waals surface area contributed by atoms with Crippen molar-refractivity contribution in [2.75, 3.05) is 28.3 Å².